The number of nitrogens with zero attached hydrogens (tertiary/aromatic N) is 6. The average molecular weight is 909 g/mol. The summed E-state index contributed by atoms with van der Waals surface area (Å²) in [6, 6.07) is 43.4. The van der Waals surface area contributed by atoms with Crippen LogP contribution in [-0.4, -0.2) is 28.6 Å². The van der Waals surface area contributed by atoms with Crippen LogP contribution in [0.15, 0.2) is 155 Å². The van der Waals surface area contributed by atoms with Crippen molar-refractivity contribution in [2.24, 2.45) is 0 Å². The third kappa shape index (κ3) is 4.60. The van der Waals surface area contributed by atoms with Crippen LogP contribution in [0.1, 0.15) is 0 Å². The summed E-state index contributed by atoms with van der Waals surface area (Å²) in [4.78, 5) is 64.8. The molecule has 0 saturated heterocycles. The zero-order chi connectivity index (χ0) is 47.2. The molecule has 328 valence electrons. The number of non-ortho nitro benzene ring substituents is 1. The monoisotopic (exact) mass is 908 g/mol. The Labute approximate surface area is 389 Å². The van der Waals surface area contributed by atoms with E-state index in [1.165, 1.54) is 22.6 Å². The number of pyridine rings is 2. The zero-order valence-corrected chi connectivity index (χ0v) is 36.1. The van der Waals surface area contributed by atoms with Crippen molar-refractivity contribution in [2.75, 3.05) is 11.5 Å². The quantitative estimate of drug-likeness (QED) is 0.0561. The molecule has 15 aromatic rings. The molecule has 0 radical (unpaired) electrons. The Kier molecular flexibility index (Phi) is 7.00. The molecule has 0 aliphatic carbocycles. The van der Waals surface area contributed by atoms with Crippen molar-refractivity contribution in [3.63, 3.8) is 0 Å². The molecule has 14 heteroatoms. The lowest BCUT2D eigenvalue weighted by molar-refractivity contribution is -0.384. The molecule has 0 unspecified atom stereocenters. The summed E-state index contributed by atoms with van der Waals surface area (Å²) in [5.41, 5.74) is 17.9. The van der Waals surface area contributed by atoms with Crippen LogP contribution in [0.25, 0.3) is 142 Å². The van der Waals surface area contributed by atoms with E-state index in [1.54, 1.807) is 40.8 Å². The molecular formula is C56H28N8O6. The minimum atomic E-state index is -0.561. The van der Waals surface area contributed by atoms with Gasteiger partial charge in [0.05, 0.1) is 37.5 Å². The fraction of sp³-hybridized carbons (Fsp3) is 0. The fourth-order valence-electron chi connectivity index (χ4n) is 11.9. The van der Waals surface area contributed by atoms with Crippen LogP contribution in [0.3, 0.4) is 0 Å². The van der Waals surface area contributed by atoms with Crippen LogP contribution in [0.4, 0.5) is 22.7 Å². The third-order valence-electron chi connectivity index (χ3n) is 14.5. The van der Waals surface area contributed by atoms with Gasteiger partial charge in [0.2, 0.25) is 0 Å². The Morgan fingerprint density at radius 3 is 1.39 bits per heavy atom. The third-order valence-corrected chi connectivity index (χ3v) is 14.5. The summed E-state index contributed by atoms with van der Waals surface area (Å²) in [6.45, 7) is 0. The van der Waals surface area contributed by atoms with E-state index in [2.05, 4.69) is 0 Å². The minimum absolute atomic E-state index is 0.189. The van der Waals surface area contributed by atoms with E-state index >= 15 is 9.59 Å². The number of nitrogen functional groups attached to an aromatic ring is 2. The number of aromatic nitrogens is 4. The van der Waals surface area contributed by atoms with Crippen molar-refractivity contribution in [3.05, 3.63) is 187 Å². The largest absolute Gasteiger partial charge is 0.399 e. The van der Waals surface area contributed by atoms with E-state index in [0.29, 0.717) is 60.5 Å². The number of nitro benzene ring substituents is 2. The molecule has 4 aromatic heterocycles. The van der Waals surface area contributed by atoms with Gasteiger partial charge >= 0.3 is 0 Å². The van der Waals surface area contributed by atoms with Gasteiger partial charge in [0.25, 0.3) is 22.5 Å². The molecular weight excluding hydrogens is 881 g/mol. The van der Waals surface area contributed by atoms with Gasteiger partial charge in [-0.25, -0.2) is 9.97 Å². The molecule has 0 spiro atoms. The molecule has 0 saturated carbocycles. The molecule has 0 atom stereocenters. The second kappa shape index (κ2) is 12.9. The lowest BCUT2D eigenvalue weighted by Crippen LogP contribution is -2.17. The van der Waals surface area contributed by atoms with Crippen molar-refractivity contribution < 1.29 is 9.85 Å². The predicted molar refractivity (Wildman–Crippen MR) is 278 cm³/mol. The second-order valence-electron chi connectivity index (χ2n) is 18.0. The summed E-state index contributed by atoms with van der Waals surface area (Å²) in [5, 5.41) is 36.2. The standard InChI is InChI=1S/C56H28N8O6/c57-27-19-37-45(25-7-3-1-4-8-25)39(58)23-40-51(37)42(20-27)61-53(59-40)33-15-11-29-32-14-18-36-50-34(16-12-30(48(32)50)31-13-17-35(55(61)65)49(33)47(29)31)54-60-41-24-44(64(69)70)46(26-9-5-2-6-10-26)38-21-28(63(67)68)22-43(52(38)41)62(54)56(36)66/h1-24H,57-58H2. The number of anilines is 2. The first kappa shape index (κ1) is 38.1. The summed E-state index contributed by atoms with van der Waals surface area (Å²) >= 11 is 0. The highest BCUT2D eigenvalue weighted by Crippen LogP contribution is 2.48. The Balaban J connectivity index is 1.06. The number of rotatable bonds is 4. The van der Waals surface area contributed by atoms with Crippen LogP contribution >= 0.6 is 0 Å². The predicted octanol–water partition coefficient (Wildman–Crippen LogP) is 11.9. The molecule has 14 nitrogen and oxygen atoms in total. The van der Waals surface area contributed by atoms with Crippen molar-refractivity contribution in [1.29, 1.82) is 0 Å². The first-order valence-corrected chi connectivity index (χ1v) is 22.3. The maximum absolute atomic E-state index is 15.2. The maximum Gasteiger partial charge on any atom is 0.280 e. The first-order chi connectivity index (χ1) is 34.0. The van der Waals surface area contributed by atoms with Gasteiger partial charge in [-0.3, -0.25) is 38.6 Å². The Morgan fingerprint density at radius 2 is 0.871 bits per heavy atom. The number of benzene rings is 11. The van der Waals surface area contributed by atoms with Gasteiger partial charge in [0.15, 0.2) is 0 Å². The van der Waals surface area contributed by atoms with Gasteiger partial charge in [-0.1, -0.05) is 84.9 Å². The summed E-state index contributed by atoms with van der Waals surface area (Å²) in [6.07, 6.45) is 0. The number of hydrogen-bond donors (Lipinski definition) is 2. The van der Waals surface area contributed by atoms with E-state index in [4.69, 9.17) is 21.4 Å². The van der Waals surface area contributed by atoms with E-state index in [9.17, 15) is 20.2 Å². The lowest BCUT2D eigenvalue weighted by atomic mass is 9.86. The van der Waals surface area contributed by atoms with E-state index < -0.39 is 15.4 Å². The Bertz CT molecular complexity index is 5050. The first-order valence-electron chi connectivity index (χ1n) is 22.3. The van der Waals surface area contributed by atoms with Gasteiger partial charge in [0, 0.05) is 83.6 Å². The topological polar surface area (TPSA) is 207 Å². The molecule has 0 aliphatic heterocycles. The van der Waals surface area contributed by atoms with Crippen molar-refractivity contribution in [2.45, 2.75) is 0 Å². The van der Waals surface area contributed by atoms with Gasteiger partial charge < -0.3 is 11.5 Å². The van der Waals surface area contributed by atoms with Crippen molar-refractivity contribution in [3.8, 4) is 22.3 Å². The second-order valence-corrected chi connectivity index (χ2v) is 18.0. The van der Waals surface area contributed by atoms with Gasteiger partial charge in [-0.05, 0) is 91.3 Å². The van der Waals surface area contributed by atoms with Crippen molar-refractivity contribution >= 4 is 142 Å². The van der Waals surface area contributed by atoms with Crippen molar-refractivity contribution in [1.82, 2.24) is 18.8 Å². The van der Waals surface area contributed by atoms with Crippen LogP contribution in [0.5, 0.6) is 0 Å². The number of nitro groups is 2. The smallest absolute Gasteiger partial charge is 0.280 e. The summed E-state index contributed by atoms with van der Waals surface area (Å²) < 4.78 is 3.06. The molecule has 0 amide bonds. The molecule has 15 rings (SSSR count). The molecule has 0 fully saturated rings. The maximum atomic E-state index is 15.2. The summed E-state index contributed by atoms with van der Waals surface area (Å²) in [5.74, 6) is 0. The Hall–Kier alpha value is -10.1. The zero-order valence-electron chi connectivity index (χ0n) is 36.1. The van der Waals surface area contributed by atoms with E-state index in [0.717, 1.165) is 65.0 Å². The van der Waals surface area contributed by atoms with Gasteiger partial charge in [-0.15, -0.1) is 0 Å². The highest BCUT2D eigenvalue weighted by Gasteiger charge is 2.29. The van der Waals surface area contributed by atoms with E-state index in [-0.39, 0.29) is 44.6 Å². The normalized spacial score (nSPS) is 12.5. The van der Waals surface area contributed by atoms with Crippen LogP contribution in [-0.2, 0) is 0 Å². The molecule has 0 bridgehead atoms. The minimum Gasteiger partial charge on any atom is -0.399 e. The van der Waals surface area contributed by atoms with Gasteiger partial charge in [-0.2, -0.15) is 0 Å². The molecule has 0 aliphatic rings. The molecule has 4 heterocycles. The molecule has 4 N–H and O–H groups in total. The Morgan fingerprint density at radius 1 is 0.429 bits per heavy atom. The van der Waals surface area contributed by atoms with Crippen LogP contribution < -0.4 is 22.6 Å². The molecule has 11 aromatic carbocycles. The van der Waals surface area contributed by atoms with E-state index in [1.807, 2.05) is 91.0 Å². The highest BCUT2D eigenvalue weighted by molar-refractivity contribution is 6.41. The number of nitrogens with two attached hydrogens (primary N) is 2. The number of fused-ring (bicyclic) bond motifs is 8. The SMILES string of the molecule is Nc1cc2c(-c3ccccc3)c(N)cc3nc4c5ccc6c7ccc8c(=O)n9c%10cc([N+](=O)[O-])cc%11c(-c%12ccccc%12)c([N+](=O)[O-])cc(nc9c9ccc(c%12ccc(c(=O)n4c(c1)c32)c5c6%12)c7c89)c%11%10. The molecule has 70 heavy (non-hydrogen) atoms. The van der Waals surface area contributed by atoms with Gasteiger partial charge in [0.1, 0.15) is 11.3 Å². The lowest BCUT2D eigenvalue weighted by Gasteiger charge is -2.21. The van der Waals surface area contributed by atoms with Crippen LogP contribution in [0.2, 0.25) is 0 Å². The summed E-state index contributed by atoms with van der Waals surface area (Å²) in [7, 11) is 0. The average Bonchev–Trinajstić information content (AvgIpc) is 3.36. The highest BCUT2D eigenvalue weighted by atomic mass is 16.6. The number of hydrogen-bond acceptors (Lipinski definition) is 10. The van der Waals surface area contributed by atoms with Crippen LogP contribution in [0, 0.1) is 20.2 Å². The fourth-order valence-corrected chi connectivity index (χ4v) is 11.9.